The van der Waals surface area contributed by atoms with Crippen molar-refractivity contribution in [3.8, 4) is 0 Å². The molecule has 9 heteroatoms. The molecule has 0 aliphatic heterocycles. The monoisotopic (exact) mass is 274 g/mol. The van der Waals surface area contributed by atoms with E-state index in [1.165, 1.54) is 4.68 Å². The van der Waals surface area contributed by atoms with Gasteiger partial charge in [-0.15, -0.1) is 5.10 Å². The van der Waals surface area contributed by atoms with Crippen molar-refractivity contribution in [1.82, 2.24) is 20.2 Å². The van der Waals surface area contributed by atoms with Gasteiger partial charge in [-0.2, -0.15) is 0 Å². The van der Waals surface area contributed by atoms with E-state index in [9.17, 15) is 9.59 Å². The van der Waals surface area contributed by atoms with E-state index in [2.05, 4.69) is 15.5 Å². The van der Waals surface area contributed by atoms with E-state index < -0.39 is 17.2 Å². The van der Waals surface area contributed by atoms with Gasteiger partial charge < -0.3 is 9.47 Å². The fourth-order valence-electron chi connectivity index (χ4n) is 1.05. The number of tetrazole rings is 1. The van der Waals surface area contributed by atoms with Crippen LogP contribution in [0, 0.1) is 0 Å². The van der Waals surface area contributed by atoms with E-state index in [0.29, 0.717) is 5.16 Å². The molecule has 0 aliphatic rings. The summed E-state index contributed by atoms with van der Waals surface area (Å²) in [5.41, 5.74) is 0. The number of carbonyl (C=O) groups excluding carboxylic acids is 2. The van der Waals surface area contributed by atoms with Gasteiger partial charge in [-0.1, -0.05) is 11.8 Å². The maximum absolute atomic E-state index is 11.7. The Morgan fingerprint density at radius 3 is 2.22 bits per heavy atom. The number of carbonyl (C=O) groups is 2. The fourth-order valence-corrected chi connectivity index (χ4v) is 1.87. The first kappa shape index (κ1) is 14.4. The van der Waals surface area contributed by atoms with Crippen LogP contribution in [-0.2, 0) is 26.1 Å². The molecule has 100 valence electrons. The maximum Gasteiger partial charge on any atom is 0.331 e. The topological polar surface area (TPSA) is 96.2 Å². The highest BCUT2D eigenvalue weighted by Crippen LogP contribution is 2.22. The minimum atomic E-state index is -1.12. The van der Waals surface area contributed by atoms with Gasteiger partial charge in [0, 0.05) is 7.05 Å². The molecule has 8 nitrogen and oxygen atoms in total. The molecule has 0 amide bonds. The van der Waals surface area contributed by atoms with Crippen molar-refractivity contribution in [3.05, 3.63) is 0 Å². The Bertz CT molecular complexity index is 404. The van der Waals surface area contributed by atoms with Crippen LogP contribution in [0.3, 0.4) is 0 Å². The van der Waals surface area contributed by atoms with E-state index in [4.69, 9.17) is 9.47 Å². The molecule has 0 radical (unpaired) electrons. The molecule has 0 aliphatic carbocycles. The molecule has 18 heavy (non-hydrogen) atoms. The summed E-state index contributed by atoms with van der Waals surface area (Å²) >= 11 is 0.896. The van der Waals surface area contributed by atoms with Crippen LogP contribution in [0.1, 0.15) is 13.8 Å². The third-order valence-corrected chi connectivity index (χ3v) is 2.98. The molecule has 0 saturated heterocycles. The Morgan fingerprint density at radius 2 is 1.83 bits per heavy atom. The first-order valence-corrected chi connectivity index (χ1v) is 6.20. The van der Waals surface area contributed by atoms with Crippen molar-refractivity contribution in [1.29, 1.82) is 0 Å². The lowest BCUT2D eigenvalue weighted by molar-refractivity contribution is -0.152. The van der Waals surface area contributed by atoms with Crippen LogP contribution in [0.5, 0.6) is 0 Å². The van der Waals surface area contributed by atoms with Crippen LogP contribution >= 0.6 is 11.8 Å². The van der Waals surface area contributed by atoms with E-state index in [1.54, 1.807) is 20.9 Å². The number of aromatic nitrogens is 4. The zero-order chi connectivity index (χ0) is 13.5. The van der Waals surface area contributed by atoms with Crippen molar-refractivity contribution >= 4 is 23.7 Å². The number of esters is 2. The molecule has 0 fully saturated rings. The molecule has 1 aromatic heterocycles. The van der Waals surface area contributed by atoms with Crippen LogP contribution in [0.15, 0.2) is 5.16 Å². The lowest BCUT2D eigenvalue weighted by Crippen LogP contribution is -2.31. The lowest BCUT2D eigenvalue weighted by atomic mass is 10.4. The summed E-state index contributed by atoms with van der Waals surface area (Å²) in [4.78, 5) is 23.4. The Morgan fingerprint density at radius 1 is 1.28 bits per heavy atom. The summed E-state index contributed by atoms with van der Waals surface area (Å²) in [5, 5.41) is 9.94. The van der Waals surface area contributed by atoms with Crippen LogP contribution < -0.4 is 0 Å². The molecule has 0 bridgehead atoms. The average Bonchev–Trinajstić information content (AvgIpc) is 2.72. The molecular formula is C9H14N4O4S. The molecule has 0 saturated carbocycles. The molecule has 1 rings (SSSR count). The second-order valence-corrected chi connectivity index (χ2v) is 4.16. The summed E-state index contributed by atoms with van der Waals surface area (Å²) < 4.78 is 11.0. The maximum atomic E-state index is 11.7. The SMILES string of the molecule is CCOC(=O)C(Sc1nnnn1C)C(=O)OCC. The number of rotatable bonds is 6. The van der Waals surface area contributed by atoms with Crippen LogP contribution in [0.2, 0.25) is 0 Å². The van der Waals surface area contributed by atoms with Crippen molar-refractivity contribution in [2.24, 2.45) is 7.05 Å². The van der Waals surface area contributed by atoms with Crippen molar-refractivity contribution in [2.75, 3.05) is 13.2 Å². The number of hydrogen-bond acceptors (Lipinski definition) is 8. The summed E-state index contributed by atoms with van der Waals surface area (Å²) in [6, 6.07) is 0. The second-order valence-electron chi connectivity index (χ2n) is 3.09. The number of ether oxygens (including phenoxy) is 2. The Labute approximate surface area is 108 Å². The fraction of sp³-hybridized carbons (Fsp3) is 0.667. The Kier molecular flexibility index (Phi) is 5.56. The summed E-state index contributed by atoms with van der Waals surface area (Å²) in [7, 11) is 1.61. The minimum absolute atomic E-state index is 0.187. The van der Waals surface area contributed by atoms with Crippen molar-refractivity contribution in [3.63, 3.8) is 0 Å². The highest BCUT2D eigenvalue weighted by atomic mass is 32.2. The molecule has 0 atom stereocenters. The number of hydrogen-bond donors (Lipinski definition) is 0. The highest BCUT2D eigenvalue weighted by molar-refractivity contribution is 8.01. The third kappa shape index (κ3) is 3.69. The Balaban J connectivity index is 2.80. The average molecular weight is 274 g/mol. The van der Waals surface area contributed by atoms with Gasteiger partial charge in [-0.3, -0.25) is 9.59 Å². The molecule has 0 spiro atoms. The van der Waals surface area contributed by atoms with E-state index in [0.717, 1.165) is 11.8 Å². The predicted octanol–water partition coefficient (Wildman–Crippen LogP) is -0.203. The summed E-state index contributed by atoms with van der Waals surface area (Å²) in [6.45, 7) is 3.70. The van der Waals surface area contributed by atoms with Gasteiger partial charge >= 0.3 is 11.9 Å². The van der Waals surface area contributed by atoms with E-state index in [-0.39, 0.29) is 13.2 Å². The molecule has 1 heterocycles. The van der Waals surface area contributed by atoms with Crippen molar-refractivity contribution < 1.29 is 19.1 Å². The minimum Gasteiger partial charge on any atom is -0.465 e. The first-order valence-electron chi connectivity index (χ1n) is 5.32. The Hall–Kier alpha value is -1.64. The first-order chi connectivity index (χ1) is 8.60. The third-order valence-electron chi connectivity index (χ3n) is 1.81. The van der Waals surface area contributed by atoms with E-state index in [1.807, 2.05) is 0 Å². The highest BCUT2D eigenvalue weighted by Gasteiger charge is 2.32. The molecule has 0 N–H and O–H groups in total. The zero-order valence-corrected chi connectivity index (χ0v) is 11.1. The van der Waals surface area contributed by atoms with E-state index >= 15 is 0 Å². The van der Waals surface area contributed by atoms with Gasteiger partial charge in [0.1, 0.15) is 0 Å². The zero-order valence-electron chi connectivity index (χ0n) is 10.3. The molecule has 0 aromatic carbocycles. The van der Waals surface area contributed by atoms with Gasteiger partial charge in [-0.25, -0.2) is 4.68 Å². The lowest BCUT2D eigenvalue weighted by Gasteiger charge is -2.12. The largest absolute Gasteiger partial charge is 0.465 e. The molecule has 1 aromatic rings. The number of nitrogens with zero attached hydrogens (tertiary/aromatic N) is 4. The normalized spacial score (nSPS) is 10.4. The summed E-state index contributed by atoms with van der Waals surface area (Å²) in [6.07, 6.45) is 0. The van der Waals surface area contributed by atoms with Gasteiger partial charge in [0.2, 0.25) is 10.4 Å². The second kappa shape index (κ2) is 6.94. The quantitative estimate of drug-likeness (QED) is 0.399. The molecular weight excluding hydrogens is 260 g/mol. The van der Waals surface area contributed by atoms with Crippen molar-refractivity contribution in [2.45, 2.75) is 24.3 Å². The summed E-state index contributed by atoms with van der Waals surface area (Å²) in [5.74, 6) is -1.33. The van der Waals surface area contributed by atoms with Gasteiger partial charge in [-0.05, 0) is 24.3 Å². The molecule has 0 unspecified atom stereocenters. The van der Waals surface area contributed by atoms with Gasteiger partial charge in [0.25, 0.3) is 0 Å². The van der Waals surface area contributed by atoms with Gasteiger partial charge in [0.05, 0.1) is 13.2 Å². The van der Waals surface area contributed by atoms with Crippen LogP contribution in [-0.4, -0.2) is 50.6 Å². The van der Waals surface area contributed by atoms with Crippen LogP contribution in [0.25, 0.3) is 0 Å². The predicted molar refractivity (Wildman–Crippen MR) is 61.7 cm³/mol. The van der Waals surface area contributed by atoms with Crippen LogP contribution in [0.4, 0.5) is 0 Å². The standard InChI is InChI=1S/C9H14N4O4S/c1-4-16-7(14)6(8(15)17-5-2)18-9-10-11-12-13(9)3/h6H,4-5H2,1-3H3. The van der Waals surface area contributed by atoms with Gasteiger partial charge in [0.15, 0.2) is 0 Å². The number of aryl methyl sites for hydroxylation is 1. The number of thioether (sulfide) groups is 1. The smallest absolute Gasteiger partial charge is 0.331 e.